The van der Waals surface area contributed by atoms with E-state index in [1.807, 2.05) is 0 Å². The first-order valence-electron chi connectivity index (χ1n) is 11.0. The Balaban J connectivity index is 1.53. The van der Waals surface area contributed by atoms with Gasteiger partial charge in [0, 0.05) is 6.04 Å². The van der Waals surface area contributed by atoms with Crippen LogP contribution in [-0.2, 0) is 0 Å². The molecule has 0 bridgehead atoms. The van der Waals surface area contributed by atoms with E-state index >= 15 is 0 Å². The van der Waals surface area contributed by atoms with Crippen LogP contribution < -0.4 is 5.73 Å². The molecule has 1 atom stereocenters. The Morgan fingerprint density at radius 3 is 1.96 bits per heavy atom. The summed E-state index contributed by atoms with van der Waals surface area (Å²) in [5.41, 5.74) is 7.90. The van der Waals surface area contributed by atoms with Crippen LogP contribution in [-0.4, -0.2) is 0 Å². The van der Waals surface area contributed by atoms with Crippen LogP contribution in [0.4, 0.5) is 0 Å². The lowest BCUT2D eigenvalue weighted by molar-refractivity contribution is 0.533. The largest absolute Gasteiger partial charge is 0.324 e. The maximum Gasteiger partial charge on any atom is 0.0301 e. The summed E-state index contributed by atoms with van der Waals surface area (Å²) >= 11 is 0. The van der Waals surface area contributed by atoms with E-state index in [1.54, 1.807) is 0 Å². The molecule has 0 spiro atoms. The maximum absolute atomic E-state index is 6.60. The zero-order valence-corrected chi connectivity index (χ0v) is 16.9. The van der Waals surface area contributed by atoms with E-state index in [4.69, 9.17) is 5.73 Å². The highest BCUT2D eigenvalue weighted by molar-refractivity contribution is 5.99. The van der Waals surface area contributed by atoms with Gasteiger partial charge in [0.2, 0.25) is 0 Å². The van der Waals surface area contributed by atoms with E-state index in [-0.39, 0.29) is 6.04 Å². The molecule has 0 aliphatic heterocycles. The van der Waals surface area contributed by atoms with Crippen molar-refractivity contribution >= 4 is 21.5 Å². The molecule has 0 fully saturated rings. The number of unbranched alkanes of at least 4 members (excludes halogenated alkanes) is 8. The average Bonchev–Trinajstić information content (AvgIpc) is 2.70. The number of rotatable bonds is 11. The third-order valence-electron chi connectivity index (χ3n) is 5.80. The van der Waals surface area contributed by atoms with Gasteiger partial charge in [0.05, 0.1) is 0 Å². The molecule has 1 nitrogen and oxygen atoms in total. The van der Waals surface area contributed by atoms with E-state index in [9.17, 15) is 0 Å². The Morgan fingerprint density at radius 1 is 0.667 bits per heavy atom. The van der Waals surface area contributed by atoms with Crippen LogP contribution in [0.5, 0.6) is 0 Å². The number of hydrogen-bond donors (Lipinski definition) is 1. The van der Waals surface area contributed by atoms with Crippen molar-refractivity contribution in [1.82, 2.24) is 0 Å². The van der Waals surface area contributed by atoms with Crippen molar-refractivity contribution in [2.24, 2.45) is 5.73 Å². The van der Waals surface area contributed by atoms with E-state index in [1.165, 1.54) is 84.9 Å². The van der Waals surface area contributed by atoms with Gasteiger partial charge in [0.1, 0.15) is 0 Å². The van der Waals surface area contributed by atoms with Gasteiger partial charge in [-0.05, 0) is 45.7 Å². The van der Waals surface area contributed by atoms with Crippen molar-refractivity contribution in [1.29, 1.82) is 0 Å². The minimum atomic E-state index is 0.138. The van der Waals surface area contributed by atoms with E-state index in [0.717, 1.165) is 6.42 Å². The fraction of sp³-hybridized carbons (Fsp3) is 0.462. The van der Waals surface area contributed by atoms with Gasteiger partial charge in [-0.15, -0.1) is 0 Å². The summed E-state index contributed by atoms with van der Waals surface area (Å²) in [7, 11) is 0. The van der Waals surface area contributed by atoms with E-state index in [0.29, 0.717) is 0 Å². The van der Waals surface area contributed by atoms with Crippen LogP contribution in [0.25, 0.3) is 21.5 Å². The summed E-state index contributed by atoms with van der Waals surface area (Å²) in [5.74, 6) is 0. The van der Waals surface area contributed by atoms with Crippen LogP contribution in [0.2, 0.25) is 0 Å². The lowest BCUT2D eigenvalue weighted by Gasteiger charge is -2.15. The van der Waals surface area contributed by atoms with Crippen LogP contribution in [0.15, 0.2) is 54.6 Å². The SMILES string of the molecule is CCCCCCCCCCCC(N)c1cccc2cc3ccccc3cc12. The van der Waals surface area contributed by atoms with Gasteiger partial charge < -0.3 is 5.73 Å². The van der Waals surface area contributed by atoms with Crippen LogP contribution in [0.1, 0.15) is 82.7 Å². The Hall–Kier alpha value is -1.86. The topological polar surface area (TPSA) is 26.0 Å². The molecule has 1 heteroatoms. The smallest absolute Gasteiger partial charge is 0.0301 e. The van der Waals surface area contributed by atoms with Gasteiger partial charge in [-0.2, -0.15) is 0 Å². The molecule has 0 aliphatic carbocycles. The van der Waals surface area contributed by atoms with Gasteiger partial charge in [0.25, 0.3) is 0 Å². The van der Waals surface area contributed by atoms with Crippen molar-refractivity contribution in [3.05, 3.63) is 60.2 Å². The molecule has 0 heterocycles. The van der Waals surface area contributed by atoms with Crippen molar-refractivity contribution < 1.29 is 0 Å². The molecular formula is C26H35N. The van der Waals surface area contributed by atoms with Crippen LogP contribution in [0, 0.1) is 0 Å². The summed E-state index contributed by atoms with van der Waals surface area (Å²) in [6, 6.07) is 19.9. The fourth-order valence-corrected chi connectivity index (χ4v) is 4.14. The highest BCUT2D eigenvalue weighted by atomic mass is 14.6. The van der Waals surface area contributed by atoms with Crippen LogP contribution >= 0.6 is 0 Å². The molecule has 3 aromatic rings. The van der Waals surface area contributed by atoms with Gasteiger partial charge in [-0.3, -0.25) is 0 Å². The minimum Gasteiger partial charge on any atom is -0.324 e. The molecule has 144 valence electrons. The first-order chi connectivity index (χ1) is 13.3. The standard InChI is InChI=1S/C26H35N/c1-2-3-4-5-6-7-8-9-10-18-26(27)24-17-13-16-23-19-21-14-11-12-15-22(21)20-25(23)24/h11-17,19-20,26H,2-10,18,27H2,1H3. The number of benzene rings is 3. The first-order valence-corrected chi connectivity index (χ1v) is 11.0. The quantitative estimate of drug-likeness (QED) is 0.272. The molecule has 3 aromatic carbocycles. The van der Waals surface area contributed by atoms with E-state index < -0.39 is 0 Å². The third-order valence-corrected chi connectivity index (χ3v) is 5.80. The summed E-state index contributed by atoms with van der Waals surface area (Å²) in [4.78, 5) is 0. The Morgan fingerprint density at radius 2 is 1.26 bits per heavy atom. The summed E-state index contributed by atoms with van der Waals surface area (Å²) in [6.45, 7) is 2.28. The highest BCUT2D eigenvalue weighted by Gasteiger charge is 2.10. The van der Waals surface area contributed by atoms with Gasteiger partial charge >= 0.3 is 0 Å². The van der Waals surface area contributed by atoms with Gasteiger partial charge in [-0.1, -0.05) is 107 Å². The molecule has 3 rings (SSSR count). The molecular weight excluding hydrogens is 326 g/mol. The Labute approximate surface area is 165 Å². The predicted octanol–water partition coefficient (Wildman–Crippen LogP) is 7.91. The minimum absolute atomic E-state index is 0.138. The van der Waals surface area contributed by atoms with Crippen molar-refractivity contribution in [3.63, 3.8) is 0 Å². The zero-order chi connectivity index (χ0) is 18.9. The normalized spacial score (nSPS) is 12.7. The average molecular weight is 362 g/mol. The molecule has 0 amide bonds. The molecule has 0 saturated carbocycles. The first kappa shape index (κ1) is 19.9. The Bertz CT molecular complexity index is 836. The second kappa shape index (κ2) is 10.5. The molecule has 0 radical (unpaired) electrons. The molecule has 1 unspecified atom stereocenters. The fourth-order valence-electron chi connectivity index (χ4n) is 4.14. The summed E-state index contributed by atoms with van der Waals surface area (Å²) < 4.78 is 0. The lowest BCUT2D eigenvalue weighted by Crippen LogP contribution is -2.10. The monoisotopic (exact) mass is 361 g/mol. The predicted molar refractivity (Wildman–Crippen MR) is 120 cm³/mol. The summed E-state index contributed by atoms with van der Waals surface area (Å²) in [6.07, 6.45) is 13.4. The van der Waals surface area contributed by atoms with Crippen molar-refractivity contribution in [2.45, 2.75) is 77.2 Å². The lowest BCUT2D eigenvalue weighted by atomic mass is 9.93. The number of fused-ring (bicyclic) bond motifs is 2. The van der Waals surface area contributed by atoms with Gasteiger partial charge in [0.15, 0.2) is 0 Å². The Kier molecular flexibility index (Phi) is 7.71. The zero-order valence-electron chi connectivity index (χ0n) is 16.9. The molecule has 0 saturated heterocycles. The van der Waals surface area contributed by atoms with Gasteiger partial charge in [-0.25, -0.2) is 0 Å². The molecule has 0 aromatic heterocycles. The second-order valence-corrected chi connectivity index (χ2v) is 7.99. The highest BCUT2D eigenvalue weighted by Crippen LogP contribution is 2.30. The van der Waals surface area contributed by atoms with E-state index in [2.05, 4.69) is 61.5 Å². The second-order valence-electron chi connectivity index (χ2n) is 7.99. The molecule has 27 heavy (non-hydrogen) atoms. The number of hydrogen-bond acceptors (Lipinski definition) is 1. The molecule has 0 aliphatic rings. The summed E-state index contributed by atoms with van der Waals surface area (Å²) in [5, 5.41) is 5.22. The third kappa shape index (κ3) is 5.56. The number of nitrogens with two attached hydrogens (primary N) is 1. The maximum atomic E-state index is 6.60. The van der Waals surface area contributed by atoms with Crippen molar-refractivity contribution in [2.75, 3.05) is 0 Å². The van der Waals surface area contributed by atoms with Crippen molar-refractivity contribution in [3.8, 4) is 0 Å². The van der Waals surface area contributed by atoms with Crippen LogP contribution in [0.3, 0.4) is 0 Å². The molecule has 2 N–H and O–H groups in total.